The van der Waals surface area contributed by atoms with Crippen LogP contribution in [0.3, 0.4) is 0 Å². The first kappa shape index (κ1) is 22.7. The van der Waals surface area contributed by atoms with Crippen molar-refractivity contribution in [2.45, 2.75) is 63.3 Å². The highest BCUT2D eigenvalue weighted by molar-refractivity contribution is 5.73. The number of aliphatic hydroxyl groups is 3. The molecule has 1 heterocycles. The van der Waals surface area contributed by atoms with Gasteiger partial charge in [0, 0.05) is 25.4 Å². The summed E-state index contributed by atoms with van der Waals surface area (Å²) in [5, 5.41) is 35.7. The average Bonchev–Trinajstić information content (AvgIpc) is 2.66. The fourth-order valence-electron chi connectivity index (χ4n) is 3.80. The number of hydrogen-bond acceptors (Lipinski definition) is 6. The van der Waals surface area contributed by atoms with Crippen molar-refractivity contribution in [1.82, 2.24) is 10.6 Å². The lowest BCUT2D eigenvalue weighted by Crippen LogP contribution is -2.71. The molecule has 8 heteroatoms. The number of nitrogens with one attached hydrogen (secondary N) is 2. The molecule has 1 saturated heterocycles. The maximum absolute atomic E-state index is 14.0. The van der Waals surface area contributed by atoms with Crippen LogP contribution in [0.4, 0.5) is 4.39 Å². The third-order valence-electron chi connectivity index (χ3n) is 5.35. The van der Waals surface area contributed by atoms with Gasteiger partial charge in [-0.2, -0.15) is 0 Å². The summed E-state index contributed by atoms with van der Waals surface area (Å²) in [6.07, 6.45) is -3.94. The van der Waals surface area contributed by atoms with Gasteiger partial charge in [-0.3, -0.25) is 9.18 Å². The molecule has 1 aliphatic heterocycles. The van der Waals surface area contributed by atoms with E-state index in [0.717, 1.165) is 5.56 Å². The van der Waals surface area contributed by atoms with Crippen LogP contribution in [0.15, 0.2) is 30.3 Å². The molecule has 6 atom stereocenters. The van der Waals surface area contributed by atoms with E-state index >= 15 is 0 Å². The summed E-state index contributed by atoms with van der Waals surface area (Å²) in [4.78, 5) is 11.8. The number of carbonyl (C=O) groups is 1. The predicted molar refractivity (Wildman–Crippen MR) is 102 cm³/mol. The molecule has 2 rings (SSSR count). The lowest BCUT2D eigenvalue weighted by atomic mass is 9.75. The number of amides is 1. The minimum absolute atomic E-state index is 0.367. The zero-order chi connectivity index (χ0) is 20.9. The zero-order valence-corrected chi connectivity index (χ0v) is 16.5. The van der Waals surface area contributed by atoms with E-state index in [2.05, 4.69) is 10.6 Å². The number of rotatable bonds is 8. The maximum Gasteiger partial charge on any atom is 0.217 e. The molecule has 28 heavy (non-hydrogen) atoms. The fraction of sp³-hybridized carbons (Fsp3) is 0.650. The van der Waals surface area contributed by atoms with Gasteiger partial charge in [0.05, 0.1) is 24.9 Å². The molecule has 5 N–H and O–H groups in total. The summed E-state index contributed by atoms with van der Waals surface area (Å²) in [6.45, 7) is 3.82. The first-order chi connectivity index (χ1) is 13.2. The average molecular weight is 398 g/mol. The number of carbonyl (C=O) groups excluding carboxylic acids is 1. The maximum atomic E-state index is 14.0. The van der Waals surface area contributed by atoms with E-state index in [9.17, 15) is 24.5 Å². The van der Waals surface area contributed by atoms with Crippen LogP contribution in [0.2, 0.25) is 0 Å². The van der Waals surface area contributed by atoms with Crippen molar-refractivity contribution in [3.8, 4) is 0 Å². The Balaban J connectivity index is 2.35. The molecule has 0 saturated carbocycles. The molecule has 1 aliphatic rings. The zero-order valence-electron chi connectivity index (χ0n) is 16.5. The Labute approximate surface area is 164 Å². The van der Waals surface area contributed by atoms with Crippen LogP contribution in [0, 0.1) is 5.92 Å². The highest BCUT2D eigenvalue weighted by Gasteiger charge is 2.52. The van der Waals surface area contributed by atoms with Gasteiger partial charge in [-0.05, 0) is 19.4 Å². The number of halogens is 1. The van der Waals surface area contributed by atoms with E-state index in [1.807, 2.05) is 30.3 Å². The fourth-order valence-corrected chi connectivity index (χ4v) is 3.80. The number of alkyl halides is 1. The van der Waals surface area contributed by atoms with Gasteiger partial charge in [0.2, 0.25) is 5.91 Å². The molecule has 6 unspecified atom stereocenters. The van der Waals surface area contributed by atoms with Crippen LogP contribution >= 0.6 is 0 Å². The smallest absolute Gasteiger partial charge is 0.217 e. The molecular weight excluding hydrogens is 367 g/mol. The Morgan fingerprint density at radius 2 is 1.89 bits per heavy atom. The molecule has 158 valence electrons. The Morgan fingerprint density at radius 1 is 1.25 bits per heavy atom. The van der Waals surface area contributed by atoms with Gasteiger partial charge in [0.25, 0.3) is 0 Å². The van der Waals surface area contributed by atoms with E-state index in [1.54, 1.807) is 13.8 Å². The minimum atomic E-state index is -1.46. The van der Waals surface area contributed by atoms with Crippen molar-refractivity contribution >= 4 is 5.91 Å². The molecule has 0 aliphatic carbocycles. The van der Waals surface area contributed by atoms with Gasteiger partial charge in [0.15, 0.2) is 0 Å². The molecule has 1 amide bonds. The first-order valence-corrected chi connectivity index (χ1v) is 9.46. The molecule has 0 radical (unpaired) electrons. The van der Waals surface area contributed by atoms with Crippen molar-refractivity contribution in [2.75, 3.05) is 13.3 Å². The van der Waals surface area contributed by atoms with Crippen LogP contribution < -0.4 is 10.6 Å². The van der Waals surface area contributed by atoms with E-state index < -0.39 is 55.2 Å². The van der Waals surface area contributed by atoms with Crippen molar-refractivity contribution in [3.05, 3.63) is 35.9 Å². The van der Waals surface area contributed by atoms with Crippen molar-refractivity contribution < 1.29 is 29.2 Å². The number of benzene rings is 1. The van der Waals surface area contributed by atoms with Gasteiger partial charge in [-0.25, -0.2) is 0 Å². The van der Waals surface area contributed by atoms with E-state index in [1.165, 1.54) is 6.92 Å². The Morgan fingerprint density at radius 3 is 2.43 bits per heavy atom. The number of ether oxygens (including phenoxy) is 1. The standard InChI is InChI=1S/C20H31FN2O5/c1-12(25)23-17-16(22-10-13-7-5-4-6-8-13)14(9-21)20(2,3)28-19(17)18(27)15(26)11-24/h4-8,14-19,22,24,26-27H,9-11H2,1-3H3,(H,23,25). The van der Waals surface area contributed by atoms with Crippen LogP contribution in [0.1, 0.15) is 26.3 Å². The van der Waals surface area contributed by atoms with Gasteiger partial charge < -0.3 is 30.7 Å². The monoisotopic (exact) mass is 398 g/mol. The second kappa shape index (κ2) is 9.76. The number of aliphatic hydroxyl groups excluding tert-OH is 3. The van der Waals surface area contributed by atoms with E-state index in [0.29, 0.717) is 6.54 Å². The topological polar surface area (TPSA) is 111 Å². The number of hydrogen-bond donors (Lipinski definition) is 5. The molecule has 1 aromatic rings. The lowest BCUT2D eigenvalue weighted by molar-refractivity contribution is -0.217. The van der Waals surface area contributed by atoms with Crippen molar-refractivity contribution in [3.63, 3.8) is 0 Å². The quantitative estimate of drug-likeness (QED) is 0.426. The van der Waals surface area contributed by atoms with Gasteiger partial charge in [-0.1, -0.05) is 30.3 Å². The third-order valence-corrected chi connectivity index (χ3v) is 5.35. The predicted octanol–water partition coefficient (Wildman–Crippen LogP) is 0.127. The Kier molecular flexibility index (Phi) is 7.91. The molecule has 0 bridgehead atoms. The van der Waals surface area contributed by atoms with E-state index in [-0.39, 0.29) is 5.91 Å². The van der Waals surface area contributed by atoms with E-state index in [4.69, 9.17) is 4.74 Å². The summed E-state index contributed by atoms with van der Waals surface area (Å²) in [6, 6.07) is 8.18. The second-order valence-electron chi connectivity index (χ2n) is 7.81. The third kappa shape index (κ3) is 5.27. The SMILES string of the molecule is CC(=O)NC1C(NCc2ccccc2)C(CF)C(C)(C)OC1C(O)C(O)CO. The Hall–Kier alpha value is -1.58. The van der Waals surface area contributed by atoms with Gasteiger partial charge >= 0.3 is 0 Å². The summed E-state index contributed by atoms with van der Waals surface area (Å²) in [7, 11) is 0. The highest BCUT2D eigenvalue weighted by Crippen LogP contribution is 2.36. The largest absolute Gasteiger partial charge is 0.394 e. The van der Waals surface area contributed by atoms with Crippen molar-refractivity contribution in [2.24, 2.45) is 5.92 Å². The van der Waals surface area contributed by atoms with Crippen LogP contribution in [0.25, 0.3) is 0 Å². The first-order valence-electron chi connectivity index (χ1n) is 9.46. The molecular formula is C20H31FN2O5. The minimum Gasteiger partial charge on any atom is -0.394 e. The van der Waals surface area contributed by atoms with Crippen LogP contribution in [-0.2, 0) is 16.1 Å². The van der Waals surface area contributed by atoms with Crippen molar-refractivity contribution in [1.29, 1.82) is 0 Å². The molecule has 0 aromatic heterocycles. The second-order valence-corrected chi connectivity index (χ2v) is 7.81. The summed E-state index contributed by atoms with van der Waals surface area (Å²) >= 11 is 0. The summed E-state index contributed by atoms with van der Waals surface area (Å²) < 4.78 is 20.0. The highest BCUT2D eigenvalue weighted by atomic mass is 19.1. The van der Waals surface area contributed by atoms with Crippen LogP contribution in [0.5, 0.6) is 0 Å². The molecule has 0 spiro atoms. The molecule has 7 nitrogen and oxygen atoms in total. The lowest BCUT2D eigenvalue weighted by Gasteiger charge is -2.52. The summed E-state index contributed by atoms with van der Waals surface area (Å²) in [5.41, 5.74) is 0.0114. The van der Waals surface area contributed by atoms with Gasteiger partial charge in [-0.15, -0.1) is 0 Å². The van der Waals surface area contributed by atoms with Gasteiger partial charge in [0.1, 0.15) is 18.3 Å². The summed E-state index contributed by atoms with van der Waals surface area (Å²) in [5.74, 6) is -0.976. The molecule has 1 aromatic carbocycles. The van der Waals surface area contributed by atoms with Crippen LogP contribution in [-0.4, -0.2) is 70.5 Å². The molecule has 1 fully saturated rings. The normalized spacial score (nSPS) is 29.1. The Bertz CT molecular complexity index is 630.